The molecule has 3 rings (SSSR count). The number of hydrogen-bond acceptors (Lipinski definition) is 5. The molecular weight excluding hydrogens is 436 g/mol. The largest absolute Gasteiger partial charge is 0.330 e. The molecule has 2 aromatic carbocycles. The molecule has 142 valence electrons. The van der Waals surface area contributed by atoms with E-state index in [2.05, 4.69) is 15.9 Å². The highest BCUT2D eigenvalue weighted by molar-refractivity contribution is 9.10. The van der Waals surface area contributed by atoms with Crippen molar-refractivity contribution in [2.75, 3.05) is 11.5 Å². The summed E-state index contributed by atoms with van der Waals surface area (Å²) in [5.41, 5.74) is 1.05. The number of hydrogen-bond donors (Lipinski definition) is 0. The molecule has 1 saturated heterocycles. The first-order chi connectivity index (χ1) is 12.7. The van der Waals surface area contributed by atoms with Crippen molar-refractivity contribution in [3.63, 3.8) is 0 Å². The highest BCUT2D eigenvalue weighted by Gasteiger charge is 2.35. The Morgan fingerprint density at radius 1 is 1.22 bits per heavy atom. The van der Waals surface area contributed by atoms with Crippen molar-refractivity contribution in [1.82, 2.24) is 4.90 Å². The third kappa shape index (κ3) is 4.72. The summed E-state index contributed by atoms with van der Waals surface area (Å²) in [6, 6.07) is 12.4. The van der Waals surface area contributed by atoms with Crippen LogP contribution in [0.1, 0.15) is 22.3 Å². The van der Waals surface area contributed by atoms with Crippen LogP contribution >= 0.6 is 15.9 Å². The van der Waals surface area contributed by atoms with Gasteiger partial charge in [-0.2, -0.15) is 0 Å². The highest BCUT2D eigenvalue weighted by Crippen LogP contribution is 2.24. The van der Waals surface area contributed by atoms with E-state index in [1.165, 1.54) is 24.3 Å². The van der Waals surface area contributed by atoms with Gasteiger partial charge in [-0.15, -0.1) is 0 Å². The van der Waals surface area contributed by atoms with Crippen molar-refractivity contribution in [1.29, 1.82) is 0 Å². The monoisotopic (exact) mass is 452 g/mol. The first-order valence-electron chi connectivity index (χ1n) is 8.25. The van der Waals surface area contributed by atoms with E-state index in [0.717, 1.165) is 10.0 Å². The summed E-state index contributed by atoms with van der Waals surface area (Å²) in [6.45, 7) is 0.259. The maximum Gasteiger partial charge on any atom is 0.269 e. The molecule has 27 heavy (non-hydrogen) atoms. The molecule has 1 aliphatic heterocycles. The summed E-state index contributed by atoms with van der Waals surface area (Å²) in [6.07, 6.45) is 0.384. The van der Waals surface area contributed by atoms with Gasteiger partial charge in [-0.3, -0.25) is 14.9 Å². The van der Waals surface area contributed by atoms with Gasteiger partial charge in [-0.25, -0.2) is 8.42 Å². The summed E-state index contributed by atoms with van der Waals surface area (Å²) < 4.78 is 24.7. The van der Waals surface area contributed by atoms with Gasteiger partial charge in [0.1, 0.15) is 0 Å². The van der Waals surface area contributed by atoms with E-state index in [-0.39, 0.29) is 29.6 Å². The van der Waals surface area contributed by atoms with E-state index in [4.69, 9.17) is 0 Å². The zero-order valence-electron chi connectivity index (χ0n) is 14.2. The van der Waals surface area contributed by atoms with Crippen LogP contribution in [0.25, 0.3) is 0 Å². The average Bonchev–Trinajstić information content (AvgIpc) is 2.99. The van der Waals surface area contributed by atoms with Gasteiger partial charge in [0.25, 0.3) is 11.6 Å². The summed E-state index contributed by atoms with van der Waals surface area (Å²) in [5, 5.41) is 10.8. The third-order valence-electron chi connectivity index (χ3n) is 4.48. The normalized spacial score (nSPS) is 18.2. The number of nitrogens with zero attached hydrogens (tertiary/aromatic N) is 2. The second-order valence-corrected chi connectivity index (χ2v) is 9.57. The van der Waals surface area contributed by atoms with Crippen molar-refractivity contribution in [3.8, 4) is 0 Å². The Balaban J connectivity index is 1.90. The Kier molecular flexibility index (Phi) is 5.61. The molecule has 7 nitrogen and oxygen atoms in total. The van der Waals surface area contributed by atoms with Gasteiger partial charge in [0, 0.05) is 34.8 Å². The lowest BCUT2D eigenvalue weighted by Gasteiger charge is -2.28. The zero-order chi connectivity index (χ0) is 19.6. The fourth-order valence-electron chi connectivity index (χ4n) is 3.11. The third-order valence-corrected chi connectivity index (χ3v) is 6.72. The molecule has 0 saturated carbocycles. The topological polar surface area (TPSA) is 97.6 Å². The molecule has 0 bridgehead atoms. The molecule has 1 fully saturated rings. The summed E-state index contributed by atoms with van der Waals surface area (Å²) in [4.78, 5) is 24.9. The average molecular weight is 453 g/mol. The summed E-state index contributed by atoms with van der Waals surface area (Å²) in [5.74, 6) is -0.355. The Morgan fingerprint density at radius 3 is 2.48 bits per heavy atom. The second kappa shape index (κ2) is 7.77. The van der Waals surface area contributed by atoms with Crippen LogP contribution in [-0.2, 0) is 16.4 Å². The van der Waals surface area contributed by atoms with Crippen molar-refractivity contribution in [2.45, 2.75) is 19.0 Å². The number of benzene rings is 2. The van der Waals surface area contributed by atoms with E-state index >= 15 is 0 Å². The fourth-order valence-corrected chi connectivity index (χ4v) is 5.29. The van der Waals surface area contributed by atoms with Gasteiger partial charge < -0.3 is 4.90 Å². The lowest BCUT2D eigenvalue weighted by atomic mass is 10.1. The first kappa shape index (κ1) is 19.5. The maximum atomic E-state index is 13.1. The number of carbonyl (C=O) groups excluding carboxylic acids is 1. The molecule has 0 spiro atoms. The summed E-state index contributed by atoms with van der Waals surface area (Å²) >= 11 is 3.39. The second-order valence-electron chi connectivity index (χ2n) is 6.42. The van der Waals surface area contributed by atoms with Crippen molar-refractivity contribution >= 4 is 37.4 Å². The minimum Gasteiger partial charge on any atom is -0.330 e. The quantitative estimate of drug-likeness (QED) is 0.512. The van der Waals surface area contributed by atoms with E-state index in [9.17, 15) is 23.3 Å². The Hall–Kier alpha value is -2.26. The van der Waals surface area contributed by atoms with Crippen LogP contribution < -0.4 is 0 Å². The minimum absolute atomic E-state index is 0.0557. The van der Waals surface area contributed by atoms with Crippen LogP contribution in [0.4, 0.5) is 5.69 Å². The van der Waals surface area contributed by atoms with E-state index in [0.29, 0.717) is 12.0 Å². The number of amides is 1. The van der Waals surface area contributed by atoms with Gasteiger partial charge in [0.2, 0.25) is 0 Å². The Morgan fingerprint density at radius 2 is 1.93 bits per heavy atom. The van der Waals surface area contributed by atoms with Crippen molar-refractivity contribution in [3.05, 3.63) is 74.2 Å². The first-order valence-corrected chi connectivity index (χ1v) is 10.9. The highest BCUT2D eigenvalue weighted by atomic mass is 79.9. The zero-order valence-corrected chi connectivity index (χ0v) is 16.6. The van der Waals surface area contributed by atoms with E-state index in [1.54, 1.807) is 4.90 Å². The standard InChI is InChI=1S/C18H17BrN2O5S/c19-15-3-1-2-13(10-15)11-20(17-8-9-27(25,26)12-17)18(22)14-4-6-16(7-5-14)21(23)24/h1-7,10,17H,8-9,11-12H2/t17-/m1/s1. The van der Waals surface area contributed by atoms with Gasteiger partial charge in [-0.1, -0.05) is 28.1 Å². The van der Waals surface area contributed by atoms with Gasteiger partial charge in [-0.05, 0) is 36.2 Å². The van der Waals surface area contributed by atoms with Crippen LogP contribution in [-0.4, -0.2) is 41.7 Å². The van der Waals surface area contributed by atoms with E-state index < -0.39 is 20.8 Å². The molecule has 0 aliphatic carbocycles. The van der Waals surface area contributed by atoms with Crippen LogP contribution in [0.2, 0.25) is 0 Å². The SMILES string of the molecule is O=C(c1ccc([N+](=O)[O-])cc1)N(Cc1cccc(Br)c1)[C@@H]1CCS(=O)(=O)C1. The molecule has 1 heterocycles. The van der Waals surface area contributed by atoms with Crippen LogP contribution in [0.5, 0.6) is 0 Å². The molecule has 0 radical (unpaired) electrons. The lowest BCUT2D eigenvalue weighted by Crippen LogP contribution is -2.40. The minimum atomic E-state index is -3.17. The van der Waals surface area contributed by atoms with Crippen LogP contribution in [0.15, 0.2) is 53.0 Å². The van der Waals surface area contributed by atoms with Crippen molar-refractivity contribution in [2.24, 2.45) is 0 Å². The van der Waals surface area contributed by atoms with Crippen molar-refractivity contribution < 1.29 is 18.1 Å². The number of carbonyl (C=O) groups is 1. The summed E-state index contributed by atoms with van der Waals surface area (Å²) in [7, 11) is -3.17. The fraction of sp³-hybridized carbons (Fsp3) is 0.278. The number of non-ortho nitro benzene ring substituents is 1. The lowest BCUT2D eigenvalue weighted by molar-refractivity contribution is -0.384. The number of rotatable bonds is 5. The van der Waals surface area contributed by atoms with Gasteiger partial charge in [0.05, 0.1) is 16.4 Å². The van der Waals surface area contributed by atoms with E-state index in [1.807, 2.05) is 24.3 Å². The van der Waals surface area contributed by atoms with Crippen LogP contribution in [0.3, 0.4) is 0 Å². The molecule has 0 aromatic heterocycles. The molecule has 1 aliphatic rings. The maximum absolute atomic E-state index is 13.1. The van der Waals surface area contributed by atoms with Gasteiger partial charge in [0.15, 0.2) is 9.84 Å². The molecular formula is C18H17BrN2O5S. The molecule has 2 aromatic rings. The Labute approximate surface area is 165 Å². The predicted octanol–water partition coefficient (Wildman–Crippen LogP) is 3.19. The molecule has 0 unspecified atom stereocenters. The van der Waals surface area contributed by atoms with Crippen LogP contribution in [0, 0.1) is 10.1 Å². The number of nitro benzene ring substituents is 1. The molecule has 0 N–H and O–H groups in total. The number of halogens is 1. The van der Waals surface area contributed by atoms with Gasteiger partial charge >= 0.3 is 0 Å². The molecule has 9 heteroatoms. The molecule has 1 atom stereocenters. The smallest absolute Gasteiger partial charge is 0.269 e. The predicted molar refractivity (Wildman–Crippen MR) is 104 cm³/mol. The number of sulfone groups is 1. The molecule has 1 amide bonds. The number of nitro groups is 1. The Bertz CT molecular complexity index is 976.